The zero-order valence-electron chi connectivity index (χ0n) is 9.03. The van der Waals surface area contributed by atoms with Crippen molar-refractivity contribution in [3.63, 3.8) is 0 Å². The molecule has 16 heavy (non-hydrogen) atoms. The Morgan fingerprint density at radius 1 is 1.12 bits per heavy atom. The molecule has 0 amide bonds. The predicted molar refractivity (Wildman–Crippen MR) is 60.7 cm³/mol. The first-order chi connectivity index (χ1) is 7.85. The molecule has 0 atom stereocenters. The first-order valence-corrected chi connectivity index (χ1v) is 5.50. The van der Waals surface area contributed by atoms with Gasteiger partial charge in [-0.25, -0.2) is 0 Å². The summed E-state index contributed by atoms with van der Waals surface area (Å²) in [4.78, 5) is 0. The molecule has 80 valence electrons. The van der Waals surface area contributed by atoms with Crippen LogP contribution in [0.15, 0.2) is 18.2 Å². The molecule has 1 saturated heterocycles. The molecule has 2 rings (SSSR count). The van der Waals surface area contributed by atoms with E-state index in [0.717, 1.165) is 31.5 Å². The van der Waals surface area contributed by atoms with Gasteiger partial charge in [-0.3, -0.25) is 0 Å². The van der Waals surface area contributed by atoms with Gasteiger partial charge in [0, 0.05) is 0 Å². The van der Waals surface area contributed by atoms with Crippen LogP contribution in [0.5, 0.6) is 0 Å². The van der Waals surface area contributed by atoms with Crippen LogP contribution in [0.3, 0.4) is 0 Å². The minimum absolute atomic E-state index is 0.462. The Balaban J connectivity index is 2.33. The average molecular weight is 211 g/mol. The molecular weight excluding hydrogens is 198 g/mol. The van der Waals surface area contributed by atoms with E-state index in [4.69, 9.17) is 10.5 Å². The van der Waals surface area contributed by atoms with Gasteiger partial charge in [-0.1, -0.05) is 6.07 Å². The SMILES string of the molecule is N#Cc1ccc(C2CCNCC2)c(C#N)c1. The highest BCUT2D eigenvalue weighted by Gasteiger charge is 2.18. The summed E-state index contributed by atoms with van der Waals surface area (Å²) in [6.45, 7) is 2.02. The van der Waals surface area contributed by atoms with Crippen LogP contribution in [0.25, 0.3) is 0 Å². The van der Waals surface area contributed by atoms with E-state index in [-0.39, 0.29) is 0 Å². The molecule has 1 aliphatic heterocycles. The van der Waals surface area contributed by atoms with Crippen molar-refractivity contribution in [2.24, 2.45) is 0 Å². The van der Waals surface area contributed by atoms with Gasteiger partial charge in [0.15, 0.2) is 0 Å². The summed E-state index contributed by atoms with van der Waals surface area (Å²) in [6.07, 6.45) is 2.14. The largest absolute Gasteiger partial charge is 0.317 e. The topological polar surface area (TPSA) is 59.6 Å². The lowest BCUT2D eigenvalue weighted by molar-refractivity contribution is 0.460. The Labute approximate surface area is 95.3 Å². The summed E-state index contributed by atoms with van der Waals surface area (Å²) in [5.41, 5.74) is 2.32. The number of hydrogen-bond donors (Lipinski definition) is 1. The molecular formula is C13H13N3. The van der Waals surface area contributed by atoms with Crippen LogP contribution in [-0.4, -0.2) is 13.1 Å². The van der Waals surface area contributed by atoms with Crippen LogP contribution in [0, 0.1) is 22.7 Å². The van der Waals surface area contributed by atoms with Crippen LogP contribution >= 0.6 is 0 Å². The number of benzene rings is 1. The molecule has 0 unspecified atom stereocenters. The van der Waals surface area contributed by atoms with E-state index >= 15 is 0 Å². The van der Waals surface area contributed by atoms with E-state index in [1.165, 1.54) is 0 Å². The minimum atomic E-state index is 0.462. The van der Waals surface area contributed by atoms with Gasteiger partial charge in [0.25, 0.3) is 0 Å². The Morgan fingerprint density at radius 2 is 1.88 bits per heavy atom. The van der Waals surface area contributed by atoms with Crippen LogP contribution in [-0.2, 0) is 0 Å². The molecule has 0 aromatic heterocycles. The minimum Gasteiger partial charge on any atom is -0.317 e. The van der Waals surface area contributed by atoms with Crippen LogP contribution in [0.1, 0.15) is 35.4 Å². The lowest BCUT2D eigenvalue weighted by atomic mass is 9.87. The van der Waals surface area contributed by atoms with Gasteiger partial charge in [-0.05, 0) is 49.5 Å². The van der Waals surface area contributed by atoms with E-state index < -0.39 is 0 Å². The quantitative estimate of drug-likeness (QED) is 0.771. The summed E-state index contributed by atoms with van der Waals surface area (Å²) in [6, 6.07) is 9.70. The second-order valence-electron chi connectivity index (χ2n) is 4.05. The molecule has 0 saturated carbocycles. The highest BCUT2D eigenvalue weighted by atomic mass is 14.9. The molecule has 0 bridgehead atoms. The van der Waals surface area contributed by atoms with Gasteiger partial charge in [-0.2, -0.15) is 10.5 Å². The van der Waals surface area contributed by atoms with Crippen molar-refractivity contribution in [3.05, 3.63) is 34.9 Å². The fourth-order valence-corrected chi connectivity index (χ4v) is 2.21. The number of nitrogens with one attached hydrogen (secondary N) is 1. The molecule has 0 radical (unpaired) electrons. The van der Waals surface area contributed by atoms with Gasteiger partial charge >= 0.3 is 0 Å². The van der Waals surface area contributed by atoms with Crippen LogP contribution in [0.4, 0.5) is 0 Å². The second kappa shape index (κ2) is 4.79. The van der Waals surface area contributed by atoms with Crippen molar-refractivity contribution in [1.29, 1.82) is 10.5 Å². The third kappa shape index (κ3) is 2.05. The van der Waals surface area contributed by atoms with Crippen molar-refractivity contribution in [2.75, 3.05) is 13.1 Å². The zero-order chi connectivity index (χ0) is 11.4. The Bertz CT molecular complexity index is 459. The molecule has 0 spiro atoms. The first-order valence-electron chi connectivity index (χ1n) is 5.50. The van der Waals surface area contributed by atoms with Crippen molar-refractivity contribution >= 4 is 0 Å². The smallest absolute Gasteiger partial charge is 0.0995 e. The number of rotatable bonds is 1. The third-order valence-corrected chi connectivity index (χ3v) is 3.08. The maximum atomic E-state index is 9.09. The van der Waals surface area contributed by atoms with Gasteiger partial charge in [0.1, 0.15) is 0 Å². The molecule has 3 heteroatoms. The van der Waals surface area contributed by atoms with Gasteiger partial charge in [0.05, 0.1) is 23.3 Å². The van der Waals surface area contributed by atoms with Crippen molar-refractivity contribution in [1.82, 2.24) is 5.32 Å². The normalized spacial score (nSPS) is 16.4. The molecule has 1 N–H and O–H groups in total. The maximum absolute atomic E-state index is 9.09. The standard InChI is InChI=1S/C13H13N3/c14-8-10-1-2-13(12(7-10)9-15)11-3-5-16-6-4-11/h1-2,7,11,16H,3-6H2. The Kier molecular flexibility index (Phi) is 3.19. The predicted octanol–water partition coefficient (Wildman–Crippen LogP) is 1.90. The fraction of sp³-hybridized carbons (Fsp3) is 0.385. The van der Waals surface area contributed by atoms with Crippen molar-refractivity contribution in [2.45, 2.75) is 18.8 Å². The summed E-state index contributed by atoms with van der Waals surface area (Å²) in [5, 5.41) is 21.2. The van der Waals surface area contributed by atoms with Gasteiger partial charge < -0.3 is 5.32 Å². The van der Waals surface area contributed by atoms with E-state index in [1.54, 1.807) is 12.1 Å². The zero-order valence-corrected chi connectivity index (χ0v) is 9.03. The first kappa shape index (κ1) is 10.7. The molecule has 1 fully saturated rings. The van der Waals surface area contributed by atoms with E-state index in [0.29, 0.717) is 17.0 Å². The van der Waals surface area contributed by atoms with E-state index in [9.17, 15) is 0 Å². The van der Waals surface area contributed by atoms with Gasteiger partial charge in [-0.15, -0.1) is 0 Å². The summed E-state index contributed by atoms with van der Waals surface area (Å²) < 4.78 is 0. The average Bonchev–Trinajstić information content (AvgIpc) is 2.39. The molecule has 1 aromatic carbocycles. The number of nitriles is 2. The third-order valence-electron chi connectivity index (χ3n) is 3.08. The molecule has 1 heterocycles. The van der Waals surface area contributed by atoms with E-state index in [1.807, 2.05) is 6.07 Å². The second-order valence-corrected chi connectivity index (χ2v) is 4.05. The van der Waals surface area contributed by atoms with Crippen molar-refractivity contribution < 1.29 is 0 Å². The lowest BCUT2D eigenvalue weighted by Gasteiger charge is -2.23. The molecule has 1 aliphatic rings. The Hall–Kier alpha value is -1.84. The molecule has 1 aromatic rings. The van der Waals surface area contributed by atoms with Crippen LogP contribution < -0.4 is 5.32 Å². The number of piperidine rings is 1. The van der Waals surface area contributed by atoms with Crippen molar-refractivity contribution in [3.8, 4) is 12.1 Å². The number of hydrogen-bond acceptors (Lipinski definition) is 3. The Morgan fingerprint density at radius 3 is 2.50 bits per heavy atom. The fourth-order valence-electron chi connectivity index (χ4n) is 2.21. The van der Waals surface area contributed by atoms with Gasteiger partial charge in [0.2, 0.25) is 0 Å². The number of nitrogens with zero attached hydrogens (tertiary/aromatic N) is 2. The summed E-state index contributed by atoms with van der Waals surface area (Å²) >= 11 is 0. The maximum Gasteiger partial charge on any atom is 0.0995 e. The molecule has 3 nitrogen and oxygen atoms in total. The lowest BCUT2D eigenvalue weighted by Crippen LogP contribution is -2.27. The summed E-state index contributed by atoms with van der Waals surface area (Å²) in [5.74, 6) is 0.462. The van der Waals surface area contributed by atoms with E-state index in [2.05, 4.69) is 17.5 Å². The highest BCUT2D eigenvalue weighted by Crippen LogP contribution is 2.28. The van der Waals surface area contributed by atoms with Crippen LogP contribution in [0.2, 0.25) is 0 Å². The monoisotopic (exact) mass is 211 g/mol. The molecule has 0 aliphatic carbocycles. The highest BCUT2D eigenvalue weighted by molar-refractivity contribution is 5.46. The summed E-state index contributed by atoms with van der Waals surface area (Å²) in [7, 11) is 0.